The van der Waals surface area contributed by atoms with E-state index >= 15 is 0 Å². The lowest BCUT2D eigenvalue weighted by atomic mass is 9.91. The number of ether oxygens (including phenoxy) is 1. The molecule has 11 heavy (non-hydrogen) atoms. The average molecular weight is 154 g/mol. The average Bonchev–Trinajstić information content (AvgIpc) is 2.31. The maximum atomic E-state index is 11.2. The third-order valence-corrected chi connectivity index (χ3v) is 2.26. The molecule has 2 heteroatoms. The zero-order valence-electron chi connectivity index (χ0n) is 7.31. The molecule has 0 N–H and O–H groups in total. The summed E-state index contributed by atoms with van der Waals surface area (Å²) in [5.41, 5.74) is 0.941. The molecule has 0 amide bonds. The molecule has 0 aliphatic heterocycles. The molecule has 0 aromatic heterocycles. The molecule has 0 spiro atoms. The second-order valence-electron chi connectivity index (χ2n) is 3.40. The molecule has 1 rings (SSSR count). The molecule has 1 unspecified atom stereocenters. The number of carbonyl (C=O) groups is 1. The van der Waals surface area contributed by atoms with Crippen LogP contribution in [0.4, 0.5) is 0 Å². The van der Waals surface area contributed by atoms with E-state index in [4.69, 9.17) is 4.74 Å². The van der Waals surface area contributed by atoms with E-state index in [-0.39, 0.29) is 11.4 Å². The lowest BCUT2D eigenvalue weighted by molar-refractivity contribution is -0.148. The lowest BCUT2D eigenvalue weighted by Crippen LogP contribution is -2.24. The molecule has 1 atom stereocenters. The normalized spacial score (nSPS) is 29.9. The first-order chi connectivity index (χ1) is 5.08. The highest BCUT2D eigenvalue weighted by molar-refractivity contribution is 5.79. The van der Waals surface area contributed by atoms with Crippen LogP contribution in [0.15, 0.2) is 11.6 Å². The van der Waals surface area contributed by atoms with Gasteiger partial charge in [-0.25, -0.2) is 0 Å². The molecule has 1 aliphatic rings. The van der Waals surface area contributed by atoms with Gasteiger partial charge in [0.1, 0.15) is 0 Å². The highest BCUT2D eigenvalue weighted by Crippen LogP contribution is 2.36. The van der Waals surface area contributed by atoms with Crippen molar-refractivity contribution in [1.29, 1.82) is 0 Å². The summed E-state index contributed by atoms with van der Waals surface area (Å²) in [6.07, 6.45) is 3.93. The number of rotatable bonds is 1. The quantitative estimate of drug-likeness (QED) is 0.426. The Morgan fingerprint density at radius 2 is 2.36 bits per heavy atom. The highest BCUT2D eigenvalue weighted by Gasteiger charge is 2.35. The van der Waals surface area contributed by atoms with Gasteiger partial charge in [0.15, 0.2) is 0 Å². The molecule has 0 aromatic carbocycles. The molecule has 0 heterocycles. The first kappa shape index (κ1) is 8.31. The summed E-state index contributed by atoms with van der Waals surface area (Å²) < 4.78 is 4.70. The first-order valence-electron chi connectivity index (χ1n) is 3.85. The van der Waals surface area contributed by atoms with Crippen molar-refractivity contribution in [2.45, 2.75) is 26.7 Å². The predicted molar refractivity (Wildman–Crippen MR) is 43.1 cm³/mol. The highest BCUT2D eigenvalue weighted by atomic mass is 16.5. The van der Waals surface area contributed by atoms with Gasteiger partial charge in [0.25, 0.3) is 0 Å². The second-order valence-corrected chi connectivity index (χ2v) is 3.40. The first-order valence-corrected chi connectivity index (χ1v) is 3.85. The van der Waals surface area contributed by atoms with Crippen LogP contribution in [-0.2, 0) is 9.53 Å². The van der Waals surface area contributed by atoms with Gasteiger partial charge in [-0.3, -0.25) is 4.79 Å². The zero-order valence-corrected chi connectivity index (χ0v) is 7.31. The topological polar surface area (TPSA) is 26.3 Å². The van der Waals surface area contributed by atoms with Gasteiger partial charge in [-0.2, -0.15) is 0 Å². The van der Waals surface area contributed by atoms with Gasteiger partial charge in [0.05, 0.1) is 12.5 Å². The Hall–Kier alpha value is -0.790. The van der Waals surface area contributed by atoms with Gasteiger partial charge in [-0.05, 0) is 26.7 Å². The van der Waals surface area contributed by atoms with Gasteiger partial charge >= 0.3 is 5.97 Å². The fourth-order valence-electron chi connectivity index (χ4n) is 1.54. The summed E-state index contributed by atoms with van der Waals surface area (Å²) in [6.45, 7) is 3.98. The number of allylic oxidation sites excluding steroid dienone is 1. The molecule has 0 aromatic rings. The minimum atomic E-state index is -0.348. The maximum Gasteiger partial charge on any atom is 0.315 e. The summed E-state index contributed by atoms with van der Waals surface area (Å²) in [4.78, 5) is 11.2. The molecule has 0 bridgehead atoms. The lowest BCUT2D eigenvalue weighted by Gasteiger charge is -2.17. The smallest absolute Gasteiger partial charge is 0.315 e. The summed E-state index contributed by atoms with van der Waals surface area (Å²) in [5.74, 6) is -0.116. The molecule has 0 radical (unpaired) electrons. The van der Waals surface area contributed by atoms with Gasteiger partial charge in [0, 0.05) is 0 Å². The van der Waals surface area contributed by atoms with E-state index in [1.165, 1.54) is 12.7 Å². The van der Waals surface area contributed by atoms with E-state index < -0.39 is 0 Å². The van der Waals surface area contributed by atoms with E-state index in [1.54, 1.807) is 0 Å². The third kappa shape index (κ3) is 1.44. The fourth-order valence-corrected chi connectivity index (χ4v) is 1.54. The standard InChI is InChI=1S/C9H14O2/c1-7-4-5-9(2,6-7)8(10)11-3/h6H,4-5H2,1-3H3. The summed E-state index contributed by atoms with van der Waals surface area (Å²) in [7, 11) is 1.44. The number of carbonyl (C=O) groups excluding carboxylic acids is 1. The van der Waals surface area contributed by atoms with Crippen molar-refractivity contribution in [3.8, 4) is 0 Å². The van der Waals surface area contributed by atoms with Crippen molar-refractivity contribution < 1.29 is 9.53 Å². The van der Waals surface area contributed by atoms with Crippen molar-refractivity contribution in [3.63, 3.8) is 0 Å². The number of esters is 1. The zero-order chi connectivity index (χ0) is 8.48. The molecule has 62 valence electrons. The van der Waals surface area contributed by atoms with Crippen molar-refractivity contribution in [2.75, 3.05) is 7.11 Å². The van der Waals surface area contributed by atoms with Crippen LogP contribution in [0.3, 0.4) is 0 Å². The van der Waals surface area contributed by atoms with Crippen LogP contribution in [0.1, 0.15) is 26.7 Å². The van der Waals surface area contributed by atoms with E-state index in [0.29, 0.717) is 0 Å². The Morgan fingerprint density at radius 3 is 2.73 bits per heavy atom. The second kappa shape index (κ2) is 2.68. The van der Waals surface area contributed by atoms with E-state index in [1.807, 2.05) is 19.9 Å². The summed E-state index contributed by atoms with van der Waals surface area (Å²) >= 11 is 0. The van der Waals surface area contributed by atoms with Gasteiger partial charge in [0.2, 0.25) is 0 Å². The third-order valence-electron chi connectivity index (χ3n) is 2.26. The van der Waals surface area contributed by atoms with Crippen molar-refractivity contribution >= 4 is 5.97 Å². The van der Waals surface area contributed by atoms with Gasteiger partial charge < -0.3 is 4.74 Å². The molecular formula is C9H14O2. The van der Waals surface area contributed by atoms with Crippen LogP contribution in [0.2, 0.25) is 0 Å². The maximum absolute atomic E-state index is 11.2. The molecule has 0 saturated heterocycles. The number of methoxy groups -OCH3 is 1. The Morgan fingerprint density at radius 1 is 1.73 bits per heavy atom. The van der Waals surface area contributed by atoms with Gasteiger partial charge in [-0.1, -0.05) is 11.6 Å². The molecule has 1 aliphatic carbocycles. The SMILES string of the molecule is COC(=O)C1(C)C=C(C)CC1. The number of hydrogen-bond acceptors (Lipinski definition) is 2. The van der Waals surface area contributed by atoms with Crippen molar-refractivity contribution in [3.05, 3.63) is 11.6 Å². The van der Waals surface area contributed by atoms with Crippen LogP contribution < -0.4 is 0 Å². The van der Waals surface area contributed by atoms with Crippen LogP contribution in [-0.4, -0.2) is 13.1 Å². The Kier molecular flexibility index (Phi) is 2.03. The Labute approximate surface area is 67.2 Å². The summed E-state index contributed by atoms with van der Waals surface area (Å²) in [5, 5.41) is 0. The van der Waals surface area contributed by atoms with Crippen LogP contribution in [0.5, 0.6) is 0 Å². The molecular weight excluding hydrogens is 140 g/mol. The van der Waals surface area contributed by atoms with Crippen LogP contribution in [0, 0.1) is 5.41 Å². The molecule has 0 saturated carbocycles. The van der Waals surface area contributed by atoms with Crippen molar-refractivity contribution in [1.82, 2.24) is 0 Å². The van der Waals surface area contributed by atoms with E-state index in [2.05, 4.69) is 0 Å². The Bertz CT molecular complexity index is 206. The minimum Gasteiger partial charge on any atom is -0.468 e. The predicted octanol–water partition coefficient (Wildman–Crippen LogP) is 1.91. The van der Waals surface area contributed by atoms with Crippen LogP contribution >= 0.6 is 0 Å². The van der Waals surface area contributed by atoms with E-state index in [0.717, 1.165) is 12.8 Å². The monoisotopic (exact) mass is 154 g/mol. The number of hydrogen-bond donors (Lipinski definition) is 0. The summed E-state index contributed by atoms with van der Waals surface area (Å²) in [6, 6.07) is 0. The fraction of sp³-hybridized carbons (Fsp3) is 0.667. The van der Waals surface area contributed by atoms with Crippen molar-refractivity contribution in [2.24, 2.45) is 5.41 Å². The van der Waals surface area contributed by atoms with E-state index in [9.17, 15) is 4.79 Å². The molecule has 0 fully saturated rings. The largest absolute Gasteiger partial charge is 0.468 e. The Balaban J connectivity index is 2.77. The van der Waals surface area contributed by atoms with Gasteiger partial charge in [-0.15, -0.1) is 0 Å². The minimum absolute atomic E-state index is 0.116. The molecule has 2 nitrogen and oxygen atoms in total. The van der Waals surface area contributed by atoms with Crippen LogP contribution in [0.25, 0.3) is 0 Å².